The molecule has 3 heteroatoms. The molecule has 0 radical (unpaired) electrons. The molecule has 0 aliphatic carbocycles. The van der Waals surface area contributed by atoms with E-state index in [-0.39, 0.29) is 0 Å². The van der Waals surface area contributed by atoms with E-state index in [1.54, 1.807) is 7.05 Å². The van der Waals surface area contributed by atoms with E-state index in [4.69, 9.17) is 10.6 Å². The van der Waals surface area contributed by atoms with Gasteiger partial charge in [0, 0.05) is 7.05 Å². The Kier molecular flexibility index (Phi) is 5.51. The minimum absolute atomic E-state index is 0.549. The third-order valence-electron chi connectivity index (χ3n) is 0.919. The maximum atomic E-state index is 5.26. The maximum Gasteiger partial charge on any atom is 0.0890 e. The fourth-order valence-electron chi connectivity index (χ4n) is 0.451. The van der Waals surface area contributed by atoms with Gasteiger partial charge in [0.2, 0.25) is 0 Å². The van der Waals surface area contributed by atoms with Crippen LogP contribution in [0.5, 0.6) is 0 Å². The molecule has 0 aromatic heterocycles. The van der Waals surface area contributed by atoms with Crippen molar-refractivity contribution in [2.75, 3.05) is 20.2 Å². The van der Waals surface area contributed by atoms with Crippen LogP contribution in [0.1, 0.15) is 6.42 Å². The van der Waals surface area contributed by atoms with Gasteiger partial charge < -0.3 is 5.73 Å². The SMILES string of the molecule is C=C(CCN)CONC. The molecule has 3 nitrogen and oxygen atoms in total. The Bertz CT molecular complexity index is 83.1. The third kappa shape index (κ3) is 5.49. The Morgan fingerprint density at radius 3 is 2.89 bits per heavy atom. The molecule has 0 unspecified atom stereocenters. The number of hydroxylamine groups is 1. The average molecular weight is 130 g/mol. The lowest BCUT2D eigenvalue weighted by Gasteiger charge is -2.02. The van der Waals surface area contributed by atoms with Crippen molar-refractivity contribution in [3.05, 3.63) is 12.2 Å². The smallest absolute Gasteiger partial charge is 0.0890 e. The first kappa shape index (κ1) is 8.62. The summed E-state index contributed by atoms with van der Waals surface area (Å²) in [6, 6.07) is 0. The summed E-state index contributed by atoms with van der Waals surface area (Å²) in [5.41, 5.74) is 8.84. The van der Waals surface area contributed by atoms with Crippen molar-refractivity contribution in [1.82, 2.24) is 5.48 Å². The van der Waals surface area contributed by atoms with E-state index in [9.17, 15) is 0 Å². The quantitative estimate of drug-likeness (QED) is 0.408. The van der Waals surface area contributed by atoms with Crippen LogP contribution >= 0.6 is 0 Å². The second kappa shape index (κ2) is 5.75. The Hall–Kier alpha value is -0.380. The average Bonchev–Trinajstić information content (AvgIpc) is 1.85. The number of hydrogen-bond donors (Lipinski definition) is 2. The first-order valence-electron chi connectivity index (χ1n) is 2.96. The van der Waals surface area contributed by atoms with Gasteiger partial charge in [0.05, 0.1) is 6.61 Å². The number of rotatable bonds is 5. The highest BCUT2D eigenvalue weighted by atomic mass is 16.6. The molecule has 0 amide bonds. The van der Waals surface area contributed by atoms with Crippen LogP contribution in [0.25, 0.3) is 0 Å². The van der Waals surface area contributed by atoms with Gasteiger partial charge in [0.1, 0.15) is 0 Å². The highest BCUT2D eigenvalue weighted by Gasteiger charge is 1.89. The van der Waals surface area contributed by atoms with Crippen molar-refractivity contribution < 1.29 is 4.84 Å². The molecule has 0 spiro atoms. The van der Waals surface area contributed by atoms with Gasteiger partial charge in [-0.05, 0) is 18.5 Å². The summed E-state index contributed by atoms with van der Waals surface area (Å²) in [6.45, 7) is 4.93. The largest absolute Gasteiger partial charge is 0.330 e. The molecule has 0 rings (SSSR count). The fourth-order valence-corrected chi connectivity index (χ4v) is 0.451. The molecule has 0 atom stereocenters. The zero-order valence-corrected chi connectivity index (χ0v) is 5.81. The molecule has 54 valence electrons. The lowest BCUT2D eigenvalue weighted by atomic mass is 10.2. The molecule has 0 bridgehead atoms. The molecule has 0 fully saturated rings. The molecule has 0 aromatic rings. The molecule has 3 N–H and O–H groups in total. The van der Waals surface area contributed by atoms with Crippen LogP contribution in [0.4, 0.5) is 0 Å². The fraction of sp³-hybridized carbons (Fsp3) is 0.667. The molecule has 0 saturated carbocycles. The van der Waals surface area contributed by atoms with E-state index in [0.717, 1.165) is 12.0 Å². The lowest BCUT2D eigenvalue weighted by Crippen LogP contribution is -2.11. The van der Waals surface area contributed by atoms with Crippen LogP contribution in [0, 0.1) is 0 Å². The Labute approximate surface area is 55.8 Å². The Morgan fingerprint density at radius 1 is 1.78 bits per heavy atom. The van der Waals surface area contributed by atoms with E-state index in [0.29, 0.717) is 13.2 Å². The second-order valence-electron chi connectivity index (χ2n) is 1.78. The van der Waals surface area contributed by atoms with Crippen LogP contribution in [0.2, 0.25) is 0 Å². The van der Waals surface area contributed by atoms with E-state index in [1.807, 2.05) is 0 Å². The molecule has 0 heterocycles. The summed E-state index contributed by atoms with van der Waals surface area (Å²) in [4.78, 5) is 4.84. The maximum absolute atomic E-state index is 5.26. The second-order valence-corrected chi connectivity index (χ2v) is 1.78. The molecular weight excluding hydrogens is 116 g/mol. The van der Waals surface area contributed by atoms with Crippen molar-refractivity contribution >= 4 is 0 Å². The summed E-state index contributed by atoms with van der Waals surface area (Å²) in [5, 5.41) is 0. The van der Waals surface area contributed by atoms with Gasteiger partial charge in [-0.2, -0.15) is 0 Å². The molecule has 0 aliphatic heterocycles. The van der Waals surface area contributed by atoms with Gasteiger partial charge in [-0.1, -0.05) is 6.58 Å². The predicted molar refractivity (Wildman–Crippen MR) is 37.8 cm³/mol. The minimum Gasteiger partial charge on any atom is -0.330 e. The molecule has 0 aromatic carbocycles. The number of hydrogen-bond acceptors (Lipinski definition) is 3. The summed E-state index contributed by atoms with van der Waals surface area (Å²) in [6.07, 6.45) is 0.835. The van der Waals surface area contributed by atoms with Crippen LogP contribution in [0.3, 0.4) is 0 Å². The molecular formula is C6H14N2O. The molecule has 9 heavy (non-hydrogen) atoms. The van der Waals surface area contributed by atoms with Gasteiger partial charge >= 0.3 is 0 Å². The Morgan fingerprint density at radius 2 is 2.44 bits per heavy atom. The van der Waals surface area contributed by atoms with Crippen molar-refractivity contribution in [3.8, 4) is 0 Å². The summed E-state index contributed by atoms with van der Waals surface area (Å²) < 4.78 is 0. The van der Waals surface area contributed by atoms with Crippen LogP contribution in [-0.4, -0.2) is 20.2 Å². The zero-order chi connectivity index (χ0) is 7.11. The normalized spacial score (nSPS) is 9.56. The highest BCUT2D eigenvalue weighted by Crippen LogP contribution is 1.93. The first-order chi connectivity index (χ1) is 4.31. The van der Waals surface area contributed by atoms with Crippen LogP contribution in [0.15, 0.2) is 12.2 Å². The third-order valence-corrected chi connectivity index (χ3v) is 0.919. The first-order valence-corrected chi connectivity index (χ1v) is 2.96. The Balaban J connectivity index is 3.06. The summed E-state index contributed by atoms with van der Waals surface area (Å²) in [5.74, 6) is 0. The highest BCUT2D eigenvalue weighted by molar-refractivity contribution is 4.93. The molecule has 0 saturated heterocycles. The van der Waals surface area contributed by atoms with Gasteiger partial charge in [0.25, 0.3) is 0 Å². The van der Waals surface area contributed by atoms with Crippen molar-refractivity contribution in [2.45, 2.75) is 6.42 Å². The number of nitrogens with two attached hydrogens (primary N) is 1. The van der Waals surface area contributed by atoms with E-state index in [2.05, 4.69) is 12.1 Å². The minimum atomic E-state index is 0.549. The van der Waals surface area contributed by atoms with Gasteiger partial charge in [-0.15, -0.1) is 0 Å². The van der Waals surface area contributed by atoms with Gasteiger partial charge in [0.15, 0.2) is 0 Å². The topological polar surface area (TPSA) is 47.3 Å². The van der Waals surface area contributed by atoms with Crippen molar-refractivity contribution in [3.63, 3.8) is 0 Å². The summed E-state index contributed by atoms with van der Waals surface area (Å²) >= 11 is 0. The van der Waals surface area contributed by atoms with Crippen molar-refractivity contribution in [1.29, 1.82) is 0 Å². The zero-order valence-electron chi connectivity index (χ0n) is 5.81. The van der Waals surface area contributed by atoms with Gasteiger partial charge in [-0.3, -0.25) is 4.84 Å². The monoisotopic (exact) mass is 130 g/mol. The standard InChI is InChI=1S/C6H14N2O/c1-6(3-4-7)5-9-8-2/h8H,1,3-5,7H2,2H3. The van der Waals surface area contributed by atoms with Crippen LogP contribution < -0.4 is 11.2 Å². The predicted octanol–water partition coefficient (Wildman–Crippen LogP) is 0.0424. The van der Waals surface area contributed by atoms with E-state index < -0.39 is 0 Å². The number of nitrogens with one attached hydrogen (secondary N) is 1. The van der Waals surface area contributed by atoms with Crippen molar-refractivity contribution in [2.24, 2.45) is 5.73 Å². The van der Waals surface area contributed by atoms with Crippen LogP contribution in [-0.2, 0) is 4.84 Å². The van der Waals surface area contributed by atoms with Gasteiger partial charge in [-0.25, -0.2) is 5.48 Å². The van der Waals surface area contributed by atoms with E-state index in [1.165, 1.54) is 0 Å². The lowest BCUT2D eigenvalue weighted by molar-refractivity contribution is 0.0749. The molecule has 0 aliphatic rings. The summed E-state index contributed by atoms with van der Waals surface area (Å²) in [7, 11) is 1.72. The van der Waals surface area contributed by atoms with E-state index >= 15 is 0 Å².